The average molecular weight is 464 g/mol. The standard InChI is InChI=1S/C25H30FN7O/c1-16(25(2,3)34)12-29-24-31-22(28-13-18-11-19(26)9-10-20(18)27)21-23(32-24)33(15-30-21)14-17-7-5-4-6-8-17/h4-11,15-16,34H,12-14,27H2,1-3H3,(H2,28,29,31,32). The lowest BCUT2D eigenvalue weighted by atomic mass is 9.93. The van der Waals surface area contributed by atoms with E-state index in [9.17, 15) is 9.50 Å². The Bertz CT molecular complexity index is 1270. The van der Waals surface area contributed by atoms with Crippen LogP contribution in [0.25, 0.3) is 11.2 Å². The van der Waals surface area contributed by atoms with Crippen LogP contribution in [-0.4, -0.2) is 36.8 Å². The number of hydrogen-bond donors (Lipinski definition) is 4. The van der Waals surface area contributed by atoms with Gasteiger partial charge in [-0.05, 0) is 43.2 Å². The van der Waals surface area contributed by atoms with Crippen LogP contribution in [0.15, 0.2) is 54.9 Å². The maximum atomic E-state index is 13.7. The molecule has 0 aliphatic rings. The van der Waals surface area contributed by atoms with Crippen molar-refractivity contribution in [1.29, 1.82) is 0 Å². The lowest BCUT2D eigenvalue weighted by Crippen LogP contribution is -2.33. The summed E-state index contributed by atoms with van der Waals surface area (Å²) >= 11 is 0. The molecule has 0 aliphatic heterocycles. The second-order valence-electron chi connectivity index (χ2n) is 9.06. The first-order valence-corrected chi connectivity index (χ1v) is 11.2. The summed E-state index contributed by atoms with van der Waals surface area (Å²) in [6.07, 6.45) is 1.73. The van der Waals surface area contributed by atoms with Gasteiger partial charge in [0.1, 0.15) is 5.82 Å². The molecule has 9 heteroatoms. The van der Waals surface area contributed by atoms with Crippen LogP contribution in [0.1, 0.15) is 31.9 Å². The molecule has 1 unspecified atom stereocenters. The second-order valence-corrected chi connectivity index (χ2v) is 9.06. The molecular weight excluding hydrogens is 433 g/mol. The highest BCUT2D eigenvalue weighted by Gasteiger charge is 2.22. The molecule has 2 heterocycles. The largest absolute Gasteiger partial charge is 0.398 e. The number of fused-ring (bicyclic) bond motifs is 1. The molecule has 4 rings (SSSR count). The van der Waals surface area contributed by atoms with Crippen LogP contribution in [0.3, 0.4) is 0 Å². The zero-order valence-electron chi connectivity index (χ0n) is 19.6. The van der Waals surface area contributed by atoms with Crippen molar-refractivity contribution in [1.82, 2.24) is 19.5 Å². The summed E-state index contributed by atoms with van der Waals surface area (Å²) in [4.78, 5) is 13.9. The van der Waals surface area contributed by atoms with E-state index in [1.54, 1.807) is 26.2 Å². The summed E-state index contributed by atoms with van der Waals surface area (Å²) in [6, 6.07) is 14.3. The van der Waals surface area contributed by atoms with Crippen molar-refractivity contribution < 1.29 is 9.50 Å². The molecule has 178 valence electrons. The Balaban J connectivity index is 1.66. The fraction of sp³-hybridized carbons (Fsp3) is 0.320. The van der Waals surface area contributed by atoms with E-state index in [1.165, 1.54) is 12.1 Å². The number of rotatable bonds is 9. The number of hydrogen-bond acceptors (Lipinski definition) is 7. The number of nitrogens with one attached hydrogen (secondary N) is 2. The molecule has 0 aliphatic carbocycles. The number of anilines is 3. The molecule has 0 fully saturated rings. The summed E-state index contributed by atoms with van der Waals surface area (Å²) in [5.41, 5.74) is 8.67. The molecule has 5 N–H and O–H groups in total. The molecule has 8 nitrogen and oxygen atoms in total. The van der Waals surface area contributed by atoms with Crippen LogP contribution in [0.4, 0.5) is 21.8 Å². The van der Waals surface area contributed by atoms with E-state index in [4.69, 9.17) is 10.7 Å². The minimum Gasteiger partial charge on any atom is -0.398 e. The van der Waals surface area contributed by atoms with Gasteiger partial charge < -0.3 is 26.0 Å². The zero-order chi connectivity index (χ0) is 24.3. The van der Waals surface area contributed by atoms with Crippen molar-refractivity contribution >= 4 is 28.6 Å². The minimum absolute atomic E-state index is 0.0375. The predicted octanol–water partition coefficient (Wildman–Crippen LogP) is 4.03. The minimum atomic E-state index is -0.845. The first-order chi connectivity index (χ1) is 16.2. The van der Waals surface area contributed by atoms with E-state index in [-0.39, 0.29) is 18.3 Å². The number of aliphatic hydroxyl groups is 1. The summed E-state index contributed by atoms with van der Waals surface area (Å²) in [5, 5.41) is 16.8. The molecule has 0 saturated carbocycles. The normalized spacial score (nSPS) is 12.6. The highest BCUT2D eigenvalue weighted by molar-refractivity contribution is 5.84. The Kier molecular flexibility index (Phi) is 6.65. The van der Waals surface area contributed by atoms with Crippen LogP contribution >= 0.6 is 0 Å². The van der Waals surface area contributed by atoms with E-state index in [1.807, 2.05) is 41.8 Å². The molecule has 34 heavy (non-hydrogen) atoms. The van der Waals surface area contributed by atoms with Crippen molar-refractivity contribution in [2.24, 2.45) is 5.92 Å². The van der Waals surface area contributed by atoms with Crippen LogP contribution in [-0.2, 0) is 13.1 Å². The highest BCUT2D eigenvalue weighted by Crippen LogP contribution is 2.24. The zero-order valence-corrected chi connectivity index (χ0v) is 19.6. The van der Waals surface area contributed by atoms with Gasteiger partial charge in [0, 0.05) is 24.7 Å². The van der Waals surface area contributed by atoms with Gasteiger partial charge in [0.05, 0.1) is 18.5 Å². The monoisotopic (exact) mass is 463 g/mol. The molecule has 2 aromatic heterocycles. The Hall–Kier alpha value is -3.72. The van der Waals surface area contributed by atoms with Gasteiger partial charge >= 0.3 is 0 Å². The Morgan fingerprint density at radius 2 is 1.88 bits per heavy atom. The van der Waals surface area contributed by atoms with Gasteiger partial charge in [0.25, 0.3) is 0 Å². The smallest absolute Gasteiger partial charge is 0.226 e. The van der Waals surface area contributed by atoms with Crippen molar-refractivity contribution in [2.45, 2.75) is 39.5 Å². The van der Waals surface area contributed by atoms with Crippen LogP contribution in [0, 0.1) is 11.7 Å². The molecule has 1 atom stereocenters. The van der Waals surface area contributed by atoms with Crippen LogP contribution < -0.4 is 16.4 Å². The molecule has 2 aromatic carbocycles. The molecule has 0 spiro atoms. The molecular formula is C25H30FN7O. The Morgan fingerprint density at radius 1 is 1.12 bits per heavy atom. The second kappa shape index (κ2) is 9.64. The fourth-order valence-electron chi connectivity index (χ4n) is 3.44. The third-order valence-corrected chi connectivity index (χ3v) is 5.98. The number of nitrogens with two attached hydrogens (primary N) is 1. The third kappa shape index (κ3) is 5.43. The van der Waals surface area contributed by atoms with E-state index in [0.29, 0.717) is 47.3 Å². The topological polar surface area (TPSA) is 114 Å². The van der Waals surface area contributed by atoms with Crippen molar-refractivity contribution in [2.75, 3.05) is 22.9 Å². The highest BCUT2D eigenvalue weighted by atomic mass is 19.1. The van der Waals surface area contributed by atoms with E-state index >= 15 is 0 Å². The Labute approximate surface area is 198 Å². The van der Waals surface area contributed by atoms with Gasteiger partial charge in [-0.2, -0.15) is 9.97 Å². The fourth-order valence-corrected chi connectivity index (χ4v) is 3.44. The van der Waals surface area contributed by atoms with Crippen molar-refractivity contribution in [3.63, 3.8) is 0 Å². The van der Waals surface area contributed by atoms with Gasteiger partial charge in [0.15, 0.2) is 17.0 Å². The van der Waals surface area contributed by atoms with Crippen LogP contribution in [0.2, 0.25) is 0 Å². The lowest BCUT2D eigenvalue weighted by Gasteiger charge is -2.26. The molecule has 0 saturated heterocycles. The quantitative estimate of drug-likeness (QED) is 0.277. The summed E-state index contributed by atoms with van der Waals surface area (Å²) in [6.45, 7) is 6.86. The molecule has 0 bridgehead atoms. The van der Waals surface area contributed by atoms with Gasteiger partial charge in [-0.1, -0.05) is 37.3 Å². The Morgan fingerprint density at radius 3 is 2.62 bits per heavy atom. The van der Waals surface area contributed by atoms with E-state index in [2.05, 4.69) is 20.6 Å². The van der Waals surface area contributed by atoms with E-state index in [0.717, 1.165) is 5.56 Å². The molecule has 4 aromatic rings. The van der Waals surface area contributed by atoms with Gasteiger partial charge in [-0.25, -0.2) is 9.37 Å². The molecule has 0 radical (unpaired) electrons. The van der Waals surface area contributed by atoms with Crippen LogP contribution in [0.5, 0.6) is 0 Å². The number of benzene rings is 2. The summed E-state index contributed by atoms with van der Waals surface area (Å²) in [7, 11) is 0. The van der Waals surface area contributed by atoms with E-state index < -0.39 is 5.60 Å². The number of halogens is 1. The van der Waals surface area contributed by atoms with Gasteiger partial charge in [-0.3, -0.25) is 0 Å². The lowest BCUT2D eigenvalue weighted by molar-refractivity contribution is 0.0303. The number of aromatic nitrogens is 4. The van der Waals surface area contributed by atoms with Crippen molar-refractivity contribution in [3.8, 4) is 0 Å². The summed E-state index contributed by atoms with van der Waals surface area (Å²) in [5.74, 6) is 0.533. The predicted molar refractivity (Wildman–Crippen MR) is 133 cm³/mol. The van der Waals surface area contributed by atoms with Gasteiger partial charge in [0.2, 0.25) is 5.95 Å². The number of nitrogen functional groups attached to an aromatic ring is 1. The third-order valence-electron chi connectivity index (χ3n) is 5.98. The maximum Gasteiger partial charge on any atom is 0.226 e. The first-order valence-electron chi connectivity index (χ1n) is 11.2. The number of imidazole rings is 1. The number of nitrogens with zero attached hydrogens (tertiary/aromatic N) is 4. The SMILES string of the molecule is CC(CNc1nc(NCc2cc(F)ccc2N)c2ncn(Cc3ccccc3)c2n1)C(C)(C)O. The maximum absolute atomic E-state index is 13.7. The van der Waals surface area contributed by atoms with Crippen molar-refractivity contribution in [3.05, 3.63) is 71.8 Å². The summed E-state index contributed by atoms with van der Waals surface area (Å²) < 4.78 is 15.7. The van der Waals surface area contributed by atoms with Gasteiger partial charge in [-0.15, -0.1) is 0 Å². The first kappa shape index (κ1) is 23.4. The average Bonchev–Trinajstić information content (AvgIpc) is 3.20. The molecule has 0 amide bonds.